The lowest BCUT2D eigenvalue weighted by molar-refractivity contribution is 0.104. The smallest absolute Gasteiger partial charge is 0.243 e. The molecule has 0 saturated carbocycles. The van der Waals surface area contributed by atoms with Gasteiger partial charge in [-0.3, -0.25) is 0 Å². The summed E-state index contributed by atoms with van der Waals surface area (Å²) in [6, 6.07) is 12.8. The highest BCUT2D eigenvalue weighted by atomic mass is 32.2. The molecule has 2 fully saturated rings. The molecule has 138 valence electrons. The van der Waals surface area contributed by atoms with Crippen LogP contribution >= 0.6 is 0 Å². The molecule has 1 N–H and O–H groups in total. The van der Waals surface area contributed by atoms with E-state index < -0.39 is 10.0 Å². The fourth-order valence-corrected chi connectivity index (χ4v) is 5.39. The molecule has 1 aromatic heterocycles. The Balaban J connectivity index is 1.44. The van der Waals surface area contributed by atoms with Gasteiger partial charge in [0.2, 0.25) is 10.0 Å². The van der Waals surface area contributed by atoms with E-state index in [0.29, 0.717) is 24.6 Å². The van der Waals surface area contributed by atoms with Gasteiger partial charge in [-0.25, -0.2) is 13.4 Å². The molecule has 2 aliphatic rings. The average molecular weight is 373 g/mol. The van der Waals surface area contributed by atoms with Crippen molar-refractivity contribution in [3.05, 3.63) is 54.2 Å². The number of aromatic nitrogens is 1. The van der Waals surface area contributed by atoms with E-state index in [1.165, 1.54) is 0 Å². The van der Waals surface area contributed by atoms with Crippen LogP contribution in [0, 0.1) is 18.8 Å². The maximum atomic E-state index is 12.9. The van der Waals surface area contributed by atoms with Crippen molar-refractivity contribution in [3.63, 3.8) is 0 Å². The molecule has 0 spiro atoms. The number of rotatable bonds is 5. The third kappa shape index (κ3) is 3.34. The minimum atomic E-state index is -3.47. The van der Waals surface area contributed by atoms with Gasteiger partial charge >= 0.3 is 0 Å². The molecule has 3 atom stereocenters. The van der Waals surface area contributed by atoms with Crippen LogP contribution in [0.25, 0.3) is 0 Å². The first-order valence-electron chi connectivity index (χ1n) is 8.87. The summed E-state index contributed by atoms with van der Waals surface area (Å²) in [4.78, 5) is 4.63. The van der Waals surface area contributed by atoms with Crippen molar-refractivity contribution in [3.8, 4) is 0 Å². The van der Waals surface area contributed by atoms with E-state index in [1.54, 1.807) is 28.7 Å². The molecule has 1 aromatic carbocycles. The molecule has 0 bridgehead atoms. The molecule has 6 nitrogen and oxygen atoms in total. The van der Waals surface area contributed by atoms with E-state index >= 15 is 0 Å². The second-order valence-electron chi connectivity index (χ2n) is 7.03. The van der Waals surface area contributed by atoms with Crippen molar-refractivity contribution >= 4 is 15.8 Å². The van der Waals surface area contributed by atoms with E-state index in [2.05, 4.69) is 10.3 Å². The largest absolute Gasteiger partial charge is 0.376 e. The summed E-state index contributed by atoms with van der Waals surface area (Å²) in [5, 5.41) is 3.33. The van der Waals surface area contributed by atoms with Gasteiger partial charge in [-0.2, -0.15) is 4.31 Å². The Labute approximate surface area is 154 Å². The van der Waals surface area contributed by atoms with Crippen LogP contribution in [0.1, 0.15) is 5.56 Å². The van der Waals surface area contributed by atoms with Crippen molar-refractivity contribution in [2.75, 3.05) is 31.6 Å². The summed E-state index contributed by atoms with van der Waals surface area (Å²) in [7, 11) is -3.47. The number of aryl methyl sites for hydroxylation is 1. The van der Waals surface area contributed by atoms with Gasteiger partial charge in [-0.1, -0.05) is 18.2 Å². The van der Waals surface area contributed by atoms with E-state index in [9.17, 15) is 8.42 Å². The number of nitrogens with zero attached hydrogens (tertiary/aromatic N) is 2. The average Bonchev–Trinajstić information content (AvgIpc) is 3.22. The second kappa shape index (κ2) is 6.98. The van der Waals surface area contributed by atoms with Crippen molar-refractivity contribution in [1.82, 2.24) is 9.29 Å². The fraction of sp³-hybridized carbons (Fsp3) is 0.421. The monoisotopic (exact) mass is 373 g/mol. The number of hydrogen-bond acceptors (Lipinski definition) is 5. The molecule has 26 heavy (non-hydrogen) atoms. The number of fused-ring (bicyclic) bond motifs is 1. The van der Waals surface area contributed by atoms with Crippen LogP contribution < -0.4 is 5.32 Å². The SMILES string of the molecule is Cc1cccc(S(=O)(=O)N2C[C@H]3[C@H](CNc4ccccn4)CO[C@H]3C2)c1. The number of hydrogen-bond donors (Lipinski definition) is 1. The standard InChI is InChI=1S/C19H23N3O3S/c1-14-5-4-6-16(9-14)26(23,24)22-11-17-15(13-25-18(17)12-22)10-21-19-7-2-3-8-20-19/h2-9,15,17-18H,10-13H2,1H3,(H,20,21)/t15-,17+,18+/m1/s1. The Morgan fingerprint density at radius 1 is 1.23 bits per heavy atom. The van der Waals surface area contributed by atoms with Crippen LogP contribution in [0.15, 0.2) is 53.6 Å². The summed E-state index contributed by atoms with van der Waals surface area (Å²) >= 11 is 0. The maximum absolute atomic E-state index is 12.9. The number of benzene rings is 1. The fourth-order valence-electron chi connectivity index (χ4n) is 3.80. The third-order valence-corrected chi connectivity index (χ3v) is 7.07. The quantitative estimate of drug-likeness (QED) is 0.869. The van der Waals surface area contributed by atoms with Crippen molar-refractivity contribution in [1.29, 1.82) is 0 Å². The predicted molar refractivity (Wildman–Crippen MR) is 99.4 cm³/mol. The van der Waals surface area contributed by atoms with Crippen LogP contribution in [-0.4, -0.2) is 50.1 Å². The van der Waals surface area contributed by atoms with Crippen LogP contribution in [0.4, 0.5) is 5.82 Å². The Hall–Kier alpha value is -1.96. The maximum Gasteiger partial charge on any atom is 0.243 e. The van der Waals surface area contributed by atoms with E-state index in [0.717, 1.165) is 17.9 Å². The minimum absolute atomic E-state index is 0.0230. The summed E-state index contributed by atoms with van der Waals surface area (Å²) in [5.74, 6) is 1.32. The molecular formula is C19H23N3O3S. The Morgan fingerprint density at radius 3 is 2.88 bits per heavy atom. The number of pyridine rings is 1. The van der Waals surface area contributed by atoms with Crippen molar-refractivity contribution < 1.29 is 13.2 Å². The van der Waals surface area contributed by atoms with E-state index in [1.807, 2.05) is 31.2 Å². The van der Waals surface area contributed by atoms with Gasteiger partial charge in [0.1, 0.15) is 5.82 Å². The van der Waals surface area contributed by atoms with Crippen LogP contribution in [0.2, 0.25) is 0 Å². The van der Waals surface area contributed by atoms with Crippen LogP contribution in [0.3, 0.4) is 0 Å². The first-order chi connectivity index (χ1) is 12.5. The molecule has 0 aliphatic carbocycles. The van der Waals surface area contributed by atoms with E-state index in [4.69, 9.17) is 4.74 Å². The molecule has 2 aromatic rings. The number of sulfonamides is 1. The van der Waals surface area contributed by atoms with Gasteiger partial charge in [-0.15, -0.1) is 0 Å². The topological polar surface area (TPSA) is 71.5 Å². The van der Waals surface area contributed by atoms with Gasteiger partial charge in [0.15, 0.2) is 0 Å². The highest BCUT2D eigenvalue weighted by Gasteiger charge is 2.47. The molecule has 0 radical (unpaired) electrons. The van der Waals surface area contributed by atoms with Crippen molar-refractivity contribution in [2.24, 2.45) is 11.8 Å². The molecule has 2 aliphatic heterocycles. The molecule has 3 heterocycles. The zero-order chi connectivity index (χ0) is 18.1. The summed E-state index contributed by atoms with van der Waals surface area (Å²) in [5.41, 5.74) is 0.944. The normalized spacial score (nSPS) is 26.0. The van der Waals surface area contributed by atoms with Crippen molar-refractivity contribution in [2.45, 2.75) is 17.9 Å². The first-order valence-corrected chi connectivity index (χ1v) is 10.3. The Kier molecular flexibility index (Phi) is 4.69. The Bertz CT molecular complexity index is 873. The second-order valence-corrected chi connectivity index (χ2v) is 8.97. The summed E-state index contributed by atoms with van der Waals surface area (Å²) < 4.78 is 33.4. The number of ether oxygens (including phenoxy) is 1. The molecule has 0 unspecified atom stereocenters. The zero-order valence-corrected chi connectivity index (χ0v) is 15.5. The van der Waals surface area contributed by atoms with Gasteiger partial charge in [0, 0.05) is 37.7 Å². The van der Waals surface area contributed by atoms with Crippen LogP contribution in [0.5, 0.6) is 0 Å². The molecule has 7 heteroatoms. The lowest BCUT2D eigenvalue weighted by atomic mass is 9.93. The zero-order valence-electron chi connectivity index (χ0n) is 14.7. The number of anilines is 1. The molecule has 4 rings (SSSR count). The summed E-state index contributed by atoms with van der Waals surface area (Å²) in [6.45, 7) is 4.24. The lowest BCUT2D eigenvalue weighted by Gasteiger charge is -2.20. The Morgan fingerprint density at radius 2 is 2.12 bits per heavy atom. The van der Waals surface area contributed by atoms with Gasteiger partial charge in [0.25, 0.3) is 0 Å². The van der Waals surface area contributed by atoms with Gasteiger partial charge in [-0.05, 0) is 36.8 Å². The third-order valence-electron chi connectivity index (χ3n) is 5.24. The highest BCUT2D eigenvalue weighted by molar-refractivity contribution is 7.89. The summed E-state index contributed by atoms with van der Waals surface area (Å²) in [6.07, 6.45) is 1.73. The first kappa shape index (κ1) is 17.5. The predicted octanol–water partition coefficient (Wildman–Crippen LogP) is 2.14. The minimum Gasteiger partial charge on any atom is -0.376 e. The highest BCUT2D eigenvalue weighted by Crippen LogP contribution is 2.36. The van der Waals surface area contributed by atoms with Gasteiger partial charge < -0.3 is 10.1 Å². The number of nitrogens with one attached hydrogen (secondary N) is 1. The molecular weight excluding hydrogens is 350 g/mol. The lowest BCUT2D eigenvalue weighted by Crippen LogP contribution is -2.32. The van der Waals surface area contributed by atoms with E-state index in [-0.39, 0.29) is 17.9 Å². The van der Waals surface area contributed by atoms with Gasteiger partial charge in [0.05, 0.1) is 17.6 Å². The molecule has 0 amide bonds. The molecule has 2 saturated heterocycles. The van der Waals surface area contributed by atoms with Crippen LogP contribution in [-0.2, 0) is 14.8 Å².